The lowest BCUT2D eigenvalue weighted by atomic mass is 10.1. The van der Waals surface area contributed by atoms with Crippen LogP contribution in [0, 0.1) is 0 Å². The second kappa shape index (κ2) is 6.80. The molecule has 0 bridgehead atoms. The van der Waals surface area contributed by atoms with Crippen LogP contribution in [0.1, 0.15) is 29.1 Å². The fraction of sp³-hybridized carbons (Fsp3) is 0.250. The van der Waals surface area contributed by atoms with Crippen LogP contribution in [-0.2, 0) is 4.79 Å². The van der Waals surface area contributed by atoms with Crippen LogP contribution in [0.4, 0.5) is 0 Å². The summed E-state index contributed by atoms with van der Waals surface area (Å²) in [7, 11) is 1.72. The van der Waals surface area contributed by atoms with Crippen molar-refractivity contribution in [3.8, 4) is 5.75 Å². The molecule has 1 aromatic heterocycles. The maximum atomic E-state index is 12.4. The van der Waals surface area contributed by atoms with Crippen molar-refractivity contribution in [2.24, 2.45) is 5.73 Å². The van der Waals surface area contributed by atoms with Crippen molar-refractivity contribution in [2.45, 2.75) is 13.0 Å². The summed E-state index contributed by atoms with van der Waals surface area (Å²) < 4.78 is 10.5. The Morgan fingerprint density at radius 2 is 1.95 bits per heavy atom. The normalized spacial score (nSPS) is 11.7. The van der Waals surface area contributed by atoms with Crippen molar-refractivity contribution in [2.75, 3.05) is 13.7 Å². The molecule has 0 fully saturated rings. The van der Waals surface area contributed by atoms with Crippen LogP contribution in [0.25, 0.3) is 0 Å². The molecular formula is C16H18N2O4. The average molecular weight is 302 g/mol. The summed E-state index contributed by atoms with van der Waals surface area (Å²) in [6.45, 7) is 1.70. The molecule has 0 aliphatic carbocycles. The second-order valence-electron chi connectivity index (χ2n) is 4.89. The van der Waals surface area contributed by atoms with Gasteiger partial charge in [-0.05, 0) is 43.3 Å². The lowest BCUT2D eigenvalue weighted by Crippen LogP contribution is -2.29. The summed E-state index contributed by atoms with van der Waals surface area (Å²) in [5.74, 6) is 0.520. The Morgan fingerprint density at radius 3 is 2.50 bits per heavy atom. The highest BCUT2D eigenvalue weighted by molar-refractivity contribution is 5.94. The van der Waals surface area contributed by atoms with Gasteiger partial charge in [0, 0.05) is 12.6 Å². The third-order valence-corrected chi connectivity index (χ3v) is 3.34. The lowest BCUT2D eigenvalue weighted by molar-refractivity contribution is -0.119. The molecule has 0 saturated carbocycles. The molecule has 0 radical (unpaired) electrons. The van der Waals surface area contributed by atoms with Gasteiger partial charge in [0.15, 0.2) is 6.61 Å². The van der Waals surface area contributed by atoms with Crippen LogP contribution >= 0.6 is 0 Å². The van der Waals surface area contributed by atoms with Crippen molar-refractivity contribution in [1.82, 2.24) is 4.90 Å². The van der Waals surface area contributed by atoms with Gasteiger partial charge in [-0.25, -0.2) is 0 Å². The molecule has 1 atom stereocenters. The zero-order valence-corrected chi connectivity index (χ0v) is 12.5. The predicted molar refractivity (Wildman–Crippen MR) is 80.3 cm³/mol. The Hall–Kier alpha value is -2.76. The van der Waals surface area contributed by atoms with Gasteiger partial charge in [-0.3, -0.25) is 9.59 Å². The highest BCUT2D eigenvalue weighted by Crippen LogP contribution is 2.22. The first-order chi connectivity index (χ1) is 10.5. The van der Waals surface area contributed by atoms with Crippen LogP contribution in [0.2, 0.25) is 0 Å². The van der Waals surface area contributed by atoms with Gasteiger partial charge >= 0.3 is 0 Å². The Kier molecular flexibility index (Phi) is 4.83. The minimum Gasteiger partial charge on any atom is -0.484 e. The van der Waals surface area contributed by atoms with Crippen molar-refractivity contribution < 1.29 is 18.7 Å². The number of ether oxygens (including phenoxy) is 1. The first-order valence-electron chi connectivity index (χ1n) is 6.80. The number of rotatable bonds is 6. The number of furan rings is 1. The number of primary amides is 1. The molecule has 0 spiro atoms. The Balaban J connectivity index is 2.04. The van der Waals surface area contributed by atoms with Gasteiger partial charge in [-0.2, -0.15) is 0 Å². The highest BCUT2D eigenvalue weighted by atomic mass is 16.5. The van der Waals surface area contributed by atoms with Gasteiger partial charge in [0.05, 0.1) is 12.3 Å². The van der Waals surface area contributed by atoms with E-state index in [9.17, 15) is 9.59 Å². The highest BCUT2D eigenvalue weighted by Gasteiger charge is 2.20. The smallest absolute Gasteiger partial charge is 0.255 e. The number of nitrogens with two attached hydrogens (primary N) is 1. The Morgan fingerprint density at radius 1 is 1.27 bits per heavy atom. The molecule has 116 valence electrons. The average Bonchev–Trinajstić information content (AvgIpc) is 3.05. The Bertz CT molecular complexity index is 635. The van der Waals surface area contributed by atoms with E-state index in [1.54, 1.807) is 48.5 Å². The monoisotopic (exact) mass is 302 g/mol. The van der Waals surface area contributed by atoms with Crippen molar-refractivity contribution in [1.29, 1.82) is 0 Å². The molecule has 0 aliphatic rings. The van der Waals surface area contributed by atoms with Crippen molar-refractivity contribution >= 4 is 11.8 Å². The number of amides is 2. The van der Waals surface area contributed by atoms with Gasteiger partial charge in [0.1, 0.15) is 11.5 Å². The topological polar surface area (TPSA) is 85.8 Å². The molecule has 2 amide bonds. The third-order valence-electron chi connectivity index (χ3n) is 3.34. The van der Waals surface area contributed by atoms with E-state index in [1.165, 1.54) is 0 Å². The molecular weight excluding hydrogens is 284 g/mol. The summed E-state index contributed by atoms with van der Waals surface area (Å²) in [6, 6.07) is 9.98. The number of carbonyl (C=O) groups excluding carboxylic acids is 2. The number of benzene rings is 1. The maximum absolute atomic E-state index is 12.4. The fourth-order valence-corrected chi connectivity index (χ4v) is 1.95. The van der Waals surface area contributed by atoms with E-state index in [0.717, 1.165) is 5.76 Å². The third kappa shape index (κ3) is 3.66. The molecule has 1 heterocycles. The largest absolute Gasteiger partial charge is 0.484 e. The van der Waals surface area contributed by atoms with E-state index < -0.39 is 5.91 Å². The van der Waals surface area contributed by atoms with E-state index in [2.05, 4.69) is 0 Å². The summed E-state index contributed by atoms with van der Waals surface area (Å²) in [6.07, 6.45) is 1.58. The van der Waals surface area contributed by atoms with Gasteiger partial charge in [0.2, 0.25) is 0 Å². The predicted octanol–water partition coefficient (Wildman–Crippen LogP) is 1.98. The minimum atomic E-state index is -0.549. The molecule has 2 rings (SSSR count). The van der Waals surface area contributed by atoms with Gasteiger partial charge in [-0.15, -0.1) is 0 Å². The zero-order chi connectivity index (χ0) is 16.1. The number of hydrogen-bond acceptors (Lipinski definition) is 4. The first-order valence-corrected chi connectivity index (χ1v) is 6.80. The molecule has 2 aromatic rings. The van der Waals surface area contributed by atoms with Crippen LogP contribution in [0.5, 0.6) is 5.75 Å². The molecule has 2 N–H and O–H groups in total. The van der Waals surface area contributed by atoms with E-state index in [0.29, 0.717) is 11.3 Å². The molecule has 1 aromatic carbocycles. The SMILES string of the molecule is CC(c1ccco1)N(C)C(=O)c1ccc(OCC(N)=O)cc1. The van der Waals surface area contributed by atoms with Crippen molar-refractivity contribution in [3.05, 3.63) is 54.0 Å². The van der Waals surface area contributed by atoms with Gasteiger partial charge in [0.25, 0.3) is 11.8 Å². The molecule has 6 heteroatoms. The van der Waals surface area contributed by atoms with Crippen molar-refractivity contribution in [3.63, 3.8) is 0 Å². The van der Waals surface area contributed by atoms with Gasteiger partial charge in [-0.1, -0.05) is 0 Å². The van der Waals surface area contributed by atoms with Crippen LogP contribution < -0.4 is 10.5 Å². The van der Waals surface area contributed by atoms with E-state index in [-0.39, 0.29) is 18.6 Å². The first kappa shape index (κ1) is 15.6. The maximum Gasteiger partial charge on any atom is 0.255 e. The molecule has 1 unspecified atom stereocenters. The Labute approximate surface area is 128 Å². The van der Waals surface area contributed by atoms with Crippen LogP contribution in [0.15, 0.2) is 47.1 Å². The minimum absolute atomic E-state index is 0.134. The van der Waals surface area contributed by atoms with E-state index in [1.807, 2.05) is 13.0 Å². The van der Waals surface area contributed by atoms with Gasteiger partial charge < -0.3 is 19.8 Å². The number of carbonyl (C=O) groups is 2. The molecule has 6 nitrogen and oxygen atoms in total. The van der Waals surface area contributed by atoms with E-state index >= 15 is 0 Å². The summed E-state index contributed by atoms with van der Waals surface area (Å²) >= 11 is 0. The van der Waals surface area contributed by atoms with E-state index in [4.69, 9.17) is 14.9 Å². The lowest BCUT2D eigenvalue weighted by Gasteiger charge is -2.23. The molecule has 22 heavy (non-hydrogen) atoms. The quantitative estimate of drug-likeness (QED) is 0.884. The summed E-state index contributed by atoms with van der Waals surface area (Å²) in [5.41, 5.74) is 5.52. The summed E-state index contributed by atoms with van der Waals surface area (Å²) in [4.78, 5) is 24.7. The molecule has 0 aliphatic heterocycles. The van der Waals surface area contributed by atoms with Crippen LogP contribution in [-0.4, -0.2) is 30.4 Å². The second-order valence-corrected chi connectivity index (χ2v) is 4.89. The van der Waals surface area contributed by atoms with Crippen LogP contribution in [0.3, 0.4) is 0 Å². The zero-order valence-electron chi connectivity index (χ0n) is 12.5. The summed E-state index contributed by atoms with van der Waals surface area (Å²) in [5, 5.41) is 0. The number of hydrogen-bond donors (Lipinski definition) is 1. The number of nitrogens with zero attached hydrogens (tertiary/aromatic N) is 1. The molecule has 0 saturated heterocycles. The standard InChI is InChI=1S/C16H18N2O4/c1-11(14-4-3-9-21-14)18(2)16(20)12-5-7-13(8-6-12)22-10-15(17)19/h3-9,11H,10H2,1-2H3,(H2,17,19). The fourth-order valence-electron chi connectivity index (χ4n) is 1.95.